The number of likely N-dealkylation sites (tertiary alicyclic amines) is 1. The molecule has 1 spiro atoms. The van der Waals surface area contributed by atoms with Gasteiger partial charge >= 0.3 is 0 Å². The van der Waals surface area contributed by atoms with E-state index in [-0.39, 0.29) is 22.8 Å². The Morgan fingerprint density at radius 1 is 1.16 bits per heavy atom. The minimum atomic E-state index is -0.0725. The van der Waals surface area contributed by atoms with Gasteiger partial charge in [0.25, 0.3) is 0 Å². The molecule has 1 amide bonds. The Hall–Kier alpha value is -2.97. The van der Waals surface area contributed by atoms with Crippen molar-refractivity contribution in [1.82, 2.24) is 25.0 Å². The molecule has 5 rings (SSSR count). The first-order valence-corrected chi connectivity index (χ1v) is 13.7. The van der Waals surface area contributed by atoms with Gasteiger partial charge in [0.2, 0.25) is 17.7 Å². The lowest BCUT2D eigenvalue weighted by molar-refractivity contribution is -0.136. The number of nitrogens with zero attached hydrogens (tertiary/aromatic N) is 6. The molecular formula is C28H41N7O2. The number of carbonyl (C=O) groups excluding carboxylic acids is 1. The smallest absolute Gasteiger partial charge is 0.245 e. The molecule has 1 atom stereocenters. The topological polar surface area (TPSA) is 100 Å². The Labute approximate surface area is 220 Å². The third-order valence-corrected chi connectivity index (χ3v) is 8.24. The van der Waals surface area contributed by atoms with Crippen molar-refractivity contribution in [3.8, 4) is 0 Å². The normalized spacial score (nSPS) is 20.6. The van der Waals surface area contributed by atoms with Gasteiger partial charge in [-0.15, -0.1) is 0 Å². The summed E-state index contributed by atoms with van der Waals surface area (Å²) in [5.41, 5.74) is 2.71. The Morgan fingerprint density at radius 2 is 1.95 bits per heavy atom. The Kier molecular flexibility index (Phi) is 6.75. The molecule has 3 aliphatic rings. The molecule has 9 heteroatoms. The SMILES string of the molecule is C=CC(=O)N1CC2(CCN(c3nc4c(c(NC(CCC(C)C)c5noc(C)n5)n3)CCC(C)(C)C4)C2)C1. The summed E-state index contributed by atoms with van der Waals surface area (Å²) in [5.74, 6) is 3.55. The molecule has 200 valence electrons. The van der Waals surface area contributed by atoms with Crippen LogP contribution in [0.25, 0.3) is 0 Å². The summed E-state index contributed by atoms with van der Waals surface area (Å²) in [7, 11) is 0. The van der Waals surface area contributed by atoms with Crippen LogP contribution in [0.2, 0.25) is 0 Å². The maximum atomic E-state index is 12.0. The van der Waals surface area contributed by atoms with Gasteiger partial charge in [-0.1, -0.05) is 39.4 Å². The minimum Gasteiger partial charge on any atom is -0.360 e. The highest BCUT2D eigenvalue weighted by Crippen LogP contribution is 2.43. The minimum absolute atomic E-state index is 0.0203. The highest BCUT2D eigenvalue weighted by Gasteiger charge is 2.49. The maximum Gasteiger partial charge on any atom is 0.245 e. The lowest BCUT2D eigenvalue weighted by Gasteiger charge is -2.47. The molecule has 4 heterocycles. The first-order valence-electron chi connectivity index (χ1n) is 13.7. The highest BCUT2D eigenvalue weighted by atomic mass is 16.5. The van der Waals surface area contributed by atoms with Gasteiger partial charge in [0.15, 0.2) is 5.82 Å². The fourth-order valence-corrected chi connectivity index (χ4v) is 5.99. The molecule has 0 bridgehead atoms. The summed E-state index contributed by atoms with van der Waals surface area (Å²) < 4.78 is 5.33. The average molecular weight is 508 g/mol. The van der Waals surface area contributed by atoms with Gasteiger partial charge in [-0.05, 0) is 55.9 Å². The summed E-state index contributed by atoms with van der Waals surface area (Å²) in [4.78, 5) is 31.0. The number of aromatic nitrogens is 4. The van der Waals surface area contributed by atoms with Crippen LogP contribution in [0.1, 0.15) is 82.4 Å². The molecule has 2 aromatic rings. The Morgan fingerprint density at radius 3 is 2.62 bits per heavy atom. The number of carbonyl (C=O) groups is 1. The molecule has 2 aliphatic heterocycles. The highest BCUT2D eigenvalue weighted by molar-refractivity contribution is 5.87. The largest absolute Gasteiger partial charge is 0.360 e. The quantitative estimate of drug-likeness (QED) is 0.522. The molecule has 1 unspecified atom stereocenters. The first-order chi connectivity index (χ1) is 17.6. The van der Waals surface area contributed by atoms with Gasteiger partial charge in [-0.25, -0.2) is 4.98 Å². The van der Waals surface area contributed by atoms with Crippen LogP contribution in [0.5, 0.6) is 0 Å². The van der Waals surface area contributed by atoms with Crippen molar-refractivity contribution in [3.63, 3.8) is 0 Å². The summed E-state index contributed by atoms with van der Waals surface area (Å²) in [6.07, 6.45) is 7.40. The Bertz CT molecular complexity index is 1170. The van der Waals surface area contributed by atoms with Crippen molar-refractivity contribution in [2.45, 2.75) is 79.2 Å². The van der Waals surface area contributed by atoms with Crippen molar-refractivity contribution in [3.05, 3.63) is 35.6 Å². The van der Waals surface area contributed by atoms with Crippen LogP contribution in [0.15, 0.2) is 17.2 Å². The van der Waals surface area contributed by atoms with Gasteiger partial charge in [0.1, 0.15) is 5.82 Å². The zero-order chi connectivity index (χ0) is 26.4. The zero-order valence-electron chi connectivity index (χ0n) is 23.0. The number of rotatable bonds is 8. The van der Waals surface area contributed by atoms with E-state index in [2.05, 4.69) is 54.6 Å². The number of anilines is 2. The molecule has 2 fully saturated rings. The number of fused-ring (bicyclic) bond motifs is 1. The van der Waals surface area contributed by atoms with E-state index in [0.717, 1.165) is 82.2 Å². The Balaban J connectivity index is 1.43. The standard InChI is InChI=1S/C28H41N7O2/c1-7-23(36)35-16-28(17-35)12-13-34(15-28)26-31-22-14-27(5,6)11-10-20(22)24(32-26)30-21(9-8-18(2)3)25-29-19(4)37-33-25/h7,18,21H,1,8-17H2,2-6H3,(H,30,31,32). The number of hydrogen-bond donors (Lipinski definition) is 1. The van der Waals surface area contributed by atoms with E-state index >= 15 is 0 Å². The number of hydrogen-bond acceptors (Lipinski definition) is 8. The lowest BCUT2D eigenvalue weighted by atomic mass is 9.76. The van der Waals surface area contributed by atoms with Crippen molar-refractivity contribution >= 4 is 17.7 Å². The fourth-order valence-electron chi connectivity index (χ4n) is 5.99. The van der Waals surface area contributed by atoms with E-state index in [4.69, 9.17) is 14.5 Å². The van der Waals surface area contributed by atoms with Crippen LogP contribution in [0.4, 0.5) is 11.8 Å². The van der Waals surface area contributed by atoms with Crippen molar-refractivity contribution in [1.29, 1.82) is 0 Å². The number of amides is 1. The molecule has 0 saturated carbocycles. The molecule has 37 heavy (non-hydrogen) atoms. The number of nitrogens with one attached hydrogen (secondary N) is 1. The lowest BCUT2D eigenvalue weighted by Crippen LogP contribution is -2.59. The number of aryl methyl sites for hydroxylation is 1. The molecule has 1 N–H and O–H groups in total. The second-order valence-electron chi connectivity index (χ2n) is 12.5. The molecule has 0 radical (unpaired) electrons. The van der Waals surface area contributed by atoms with E-state index in [0.29, 0.717) is 17.6 Å². The molecule has 1 aliphatic carbocycles. The van der Waals surface area contributed by atoms with Crippen LogP contribution in [0, 0.1) is 23.7 Å². The van der Waals surface area contributed by atoms with Crippen LogP contribution in [-0.4, -0.2) is 57.1 Å². The molecule has 9 nitrogen and oxygen atoms in total. The van der Waals surface area contributed by atoms with Gasteiger partial charge in [-0.3, -0.25) is 4.79 Å². The van der Waals surface area contributed by atoms with E-state index in [1.807, 2.05) is 11.8 Å². The molecule has 0 aromatic carbocycles. The first kappa shape index (κ1) is 25.7. The van der Waals surface area contributed by atoms with E-state index < -0.39 is 0 Å². The fraction of sp³-hybridized carbons (Fsp3) is 0.679. The van der Waals surface area contributed by atoms with Crippen LogP contribution >= 0.6 is 0 Å². The van der Waals surface area contributed by atoms with Crippen LogP contribution in [-0.2, 0) is 17.6 Å². The third kappa shape index (κ3) is 5.36. The molecule has 2 saturated heterocycles. The summed E-state index contributed by atoms with van der Waals surface area (Å²) in [5, 5.41) is 7.98. The summed E-state index contributed by atoms with van der Waals surface area (Å²) in [6.45, 7) is 17.9. The second-order valence-corrected chi connectivity index (χ2v) is 12.5. The van der Waals surface area contributed by atoms with Gasteiger partial charge < -0.3 is 19.6 Å². The maximum absolute atomic E-state index is 12.0. The summed E-state index contributed by atoms with van der Waals surface area (Å²) >= 11 is 0. The third-order valence-electron chi connectivity index (χ3n) is 8.24. The van der Waals surface area contributed by atoms with Crippen molar-refractivity contribution < 1.29 is 9.32 Å². The van der Waals surface area contributed by atoms with Gasteiger partial charge in [0.05, 0.1) is 11.7 Å². The summed E-state index contributed by atoms with van der Waals surface area (Å²) in [6, 6.07) is -0.0725. The zero-order valence-corrected chi connectivity index (χ0v) is 23.0. The predicted octanol–water partition coefficient (Wildman–Crippen LogP) is 4.50. The monoisotopic (exact) mass is 507 g/mol. The van der Waals surface area contributed by atoms with E-state index in [9.17, 15) is 4.79 Å². The van der Waals surface area contributed by atoms with Crippen LogP contribution in [0.3, 0.4) is 0 Å². The van der Waals surface area contributed by atoms with Crippen molar-refractivity contribution in [2.24, 2.45) is 16.7 Å². The molecular weight excluding hydrogens is 466 g/mol. The average Bonchev–Trinajstić information content (AvgIpc) is 3.46. The van der Waals surface area contributed by atoms with Gasteiger partial charge in [0, 0.05) is 44.1 Å². The predicted molar refractivity (Wildman–Crippen MR) is 143 cm³/mol. The van der Waals surface area contributed by atoms with E-state index in [1.165, 1.54) is 11.6 Å². The van der Waals surface area contributed by atoms with Gasteiger partial charge in [-0.2, -0.15) is 9.97 Å². The second kappa shape index (κ2) is 9.72. The van der Waals surface area contributed by atoms with Crippen molar-refractivity contribution in [2.75, 3.05) is 36.4 Å². The molecule has 2 aromatic heterocycles. The van der Waals surface area contributed by atoms with Crippen LogP contribution < -0.4 is 10.2 Å². The van der Waals surface area contributed by atoms with E-state index in [1.54, 1.807) is 0 Å².